The van der Waals surface area contributed by atoms with Crippen molar-refractivity contribution in [2.24, 2.45) is 17.8 Å². The van der Waals surface area contributed by atoms with Gasteiger partial charge in [0.2, 0.25) is 0 Å². The minimum Gasteiger partial charge on any atom is -0.465 e. The van der Waals surface area contributed by atoms with E-state index in [1.807, 2.05) is 0 Å². The van der Waals surface area contributed by atoms with Crippen molar-refractivity contribution < 1.29 is 19.1 Å². The fraction of sp³-hybridized carbons (Fsp3) is 0.852. The first-order valence-electron chi connectivity index (χ1n) is 13.2. The van der Waals surface area contributed by atoms with Gasteiger partial charge >= 0.3 is 11.9 Å². The van der Waals surface area contributed by atoms with Gasteiger partial charge in [-0.2, -0.15) is 0 Å². The fourth-order valence-corrected chi connectivity index (χ4v) is 4.88. The van der Waals surface area contributed by atoms with E-state index in [2.05, 4.69) is 19.1 Å². The van der Waals surface area contributed by atoms with Gasteiger partial charge in [0, 0.05) is 0 Å². The van der Waals surface area contributed by atoms with E-state index in [4.69, 9.17) is 9.47 Å². The van der Waals surface area contributed by atoms with Crippen LogP contribution in [-0.2, 0) is 19.1 Å². The summed E-state index contributed by atoms with van der Waals surface area (Å²) >= 11 is 0. The van der Waals surface area contributed by atoms with Crippen molar-refractivity contribution in [2.75, 3.05) is 13.2 Å². The molecule has 1 saturated carbocycles. The zero-order chi connectivity index (χ0) is 22.2. The number of unbranched alkanes of at least 4 members (excludes halogenated alkanes) is 9. The summed E-state index contributed by atoms with van der Waals surface area (Å²) in [5.41, 5.74) is 0. The van der Waals surface area contributed by atoms with Gasteiger partial charge in [0.25, 0.3) is 0 Å². The van der Waals surface area contributed by atoms with E-state index < -0.39 is 0 Å². The molecule has 31 heavy (non-hydrogen) atoms. The Hall–Kier alpha value is -1.32. The van der Waals surface area contributed by atoms with Gasteiger partial charge in [-0.1, -0.05) is 89.7 Å². The van der Waals surface area contributed by atoms with Gasteiger partial charge in [0.15, 0.2) is 0 Å². The molecule has 0 heterocycles. The molecule has 2 aliphatic carbocycles. The first-order chi connectivity index (χ1) is 15.2. The number of carbonyl (C=O) groups is 2. The van der Waals surface area contributed by atoms with Gasteiger partial charge in [-0.05, 0) is 44.4 Å². The quantitative estimate of drug-likeness (QED) is 0.156. The maximum atomic E-state index is 12.7. The molecule has 4 heteroatoms. The summed E-state index contributed by atoms with van der Waals surface area (Å²) in [5.74, 6) is -0.559. The first-order valence-corrected chi connectivity index (χ1v) is 13.2. The van der Waals surface area contributed by atoms with E-state index in [-0.39, 0.29) is 23.8 Å². The monoisotopic (exact) mass is 434 g/mol. The van der Waals surface area contributed by atoms with Gasteiger partial charge < -0.3 is 9.47 Å². The average molecular weight is 435 g/mol. The average Bonchev–Trinajstić information content (AvgIpc) is 2.81. The molecule has 2 rings (SSSR count). The van der Waals surface area contributed by atoms with Crippen LogP contribution in [0.1, 0.15) is 116 Å². The highest BCUT2D eigenvalue weighted by molar-refractivity contribution is 5.82. The van der Waals surface area contributed by atoms with Crippen molar-refractivity contribution in [2.45, 2.75) is 116 Å². The molecule has 0 radical (unpaired) electrons. The zero-order valence-electron chi connectivity index (χ0n) is 20.0. The number of allylic oxidation sites excluding steroid dienone is 2. The lowest BCUT2D eigenvalue weighted by molar-refractivity contribution is -0.163. The molecule has 0 amide bonds. The van der Waals surface area contributed by atoms with Crippen molar-refractivity contribution in [1.82, 2.24) is 0 Å². The largest absolute Gasteiger partial charge is 0.465 e. The maximum Gasteiger partial charge on any atom is 0.309 e. The summed E-state index contributed by atoms with van der Waals surface area (Å²) < 4.78 is 11.2. The Bertz CT molecular complexity index is 527. The predicted molar refractivity (Wildman–Crippen MR) is 126 cm³/mol. The van der Waals surface area contributed by atoms with Crippen molar-refractivity contribution in [3.8, 4) is 0 Å². The Labute approximate surface area is 190 Å². The minimum atomic E-state index is -0.312. The van der Waals surface area contributed by atoms with Gasteiger partial charge in [0.05, 0.1) is 25.0 Å². The number of rotatable bonds is 15. The van der Waals surface area contributed by atoms with E-state index in [9.17, 15) is 9.59 Å². The second kappa shape index (κ2) is 16.3. The number of carbonyl (C=O) groups excluding carboxylic acids is 2. The van der Waals surface area contributed by atoms with Gasteiger partial charge in [-0.25, -0.2) is 0 Å². The molecule has 0 spiro atoms. The van der Waals surface area contributed by atoms with Crippen LogP contribution in [0.5, 0.6) is 0 Å². The second-order valence-corrected chi connectivity index (χ2v) is 9.63. The van der Waals surface area contributed by atoms with Crippen LogP contribution in [0.3, 0.4) is 0 Å². The number of hydrogen-bond acceptors (Lipinski definition) is 4. The Balaban J connectivity index is 1.57. The van der Waals surface area contributed by atoms with Crippen LogP contribution in [-0.4, -0.2) is 25.2 Å². The van der Waals surface area contributed by atoms with Gasteiger partial charge in [0.1, 0.15) is 0 Å². The van der Waals surface area contributed by atoms with Crippen LogP contribution in [0.2, 0.25) is 0 Å². The van der Waals surface area contributed by atoms with E-state index in [0.29, 0.717) is 19.1 Å². The summed E-state index contributed by atoms with van der Waals surface area (Å²) in [6.45, 7) is 3.23. The lowest BCUT2D eigenvalue weighted by Gasteiger charge is -2.29. The molecule has 0 aromatic heterocycles. The molecular weight excluding hydrogens is 388 g/mol. The highest BCUT2D eigenvalue weighted by Gasteiger charge is 2.38. The molecule has 0 saturated heterocycles. The third kappa shape index (κ3) is 10.7. The Morgan fingerprint density at radius 1 is 0.742 bits per heavy atom. The predicted octanol–water partition coefficient (Wildman–Crippen LogP) is 7.16. The second-order valence-electron chi connectivity index (χ2n) is 9.63. The van der Waals surface area contributed by atoms with Crippen molar-refractivity contribution in [1.29, 1.82) is 0 Å². The smallest absolute Gasteiger partial charge is 0.309 e. The molecule has 0 aromatic carbocycles. The highest BCUT2D eigenvalue weighted by atomic mass is 16.5. The molecule has 178 valence electrons. The summed E-state index contributed by atoms with van der Waals surface area (Å²) in [4.78, 5) is 25.3. The Morgan fingerprint density at radius 2 is 1.32 bits per heavy atom. The van der Waals surface area contributed by atoms with Crippen LogP contribution in [0.25, 0.3) is 0 Å². The molecule has 0 aromatic rings. The number of hydrogen-bond donors (Lipinski definition) is 0. The standard InChI is InChI=1S/C27H46O4/c1-2-3-4-5-6-7-8-9-10-16-21-30-26(28)24-19-14-15-20-25(24)27(29)31-22-23-17-12-11-13-18-23/h11-12,23-25H,2-10,13-22H2,1H3. The SMILES string of the molecule is CCCCCCCCCCCCOC(=O)C1CCCCC1C(=O)OCC1CC=CCC1. The number of ether oxygens (including phenoxy) is 2. The molecule has 0 bridgehead atoms. The van der Waals surface area contributed by atoms with Gasteiger partial charge in [-0.3, -0.25) is 9.59 Å². The lowest BCUT2D eigenvalue weighted by atomic mass is 9.79. The van der Waals surface area contributed by atoms with Crippen LogP contribution < -0.4 is 0 Å². The molecule has 3 unspecified atom stereocenters. The molecule has 0 aliphatic heterocycles. The van der Waals surface area contributed by atoms with E-state index >= 15 is 0 Å². The molecule has 3 atom stereocenters. The topological polar surface area (TPSA) is 52.6 Å². The third-order valence-corrected chi connectivity index (χ3v) is 6.95. The first kappa shape index (κ1) is 25.9. The van der Waals surface area contributed by atoms with E-state index in [0.717, 1.165) is 57.8 Å². The van der Waals surface area contributed by atoms with Gasteiger partial charge in [-0.15, -0.1) is 0 Å². The Morgan fingerprint density at radius 3 is 1.90 bits per heavy atom. The van der Waals surface area contributed by atoms with Crippen LogP contribution in [0.4, 0.5) is 0 Å². The van der Waals surface area contributed by atoms with E-state index in [1.165, 1.54) is 51.4 Å². The molecule has 1 fully saturated rings. The maximum absolute atomic E-state index is 12.7. The van der Waals surface area contributed by atoms with Crippen LogP contribution >= 0.6 is 0 Å². The van der Waals surface area contributed by atoms with Crippen molar-refractivity contribution in [3.05, 3.63) is 12.2 Å². The fourth-order valence-electron chi connectivity index (χ4n) is 4.88. The Kier molecular flexibility index (Phi) is 13.7. The van der Waals surface area contributed by atoms with Crippen molar-refractivity contribution >= 4 is 11.9 Å². The number of esters is 2. The molecule has 4 nitrogen and oxygen atoms in total. The van der Waals surface area contributed by atoms with Crippen molar-refractivity contribution in [3.63, 3.8) is 0 Å². The molecular formula is C27H46O4. The molecule has 2 aliphatic rings. The van der Waals surface area contributed by atoms with Crippen LogP contribution in [0.15, 0.2) is 12.2 Å². The minimum absolute atomic E-state index is 0.182. The summed E-state index contributed by atoms with van der Waals surface area (Å²) in [7, 11) is 0. The summed E-state index contributed by atoms with van der Waals surface area (Å²) in [6, 6.07) is 0. The lowest BCUT2D eigenvalue weighted by Crippen LogP contribution is -2.35. The zero-order valence-corrected chi connectivity index (χ0v) is 20.0. The summed E-state index contributed by atoms with van der Waals surface area (Å²) in [5, 5.41) is 0. The normalized spacial score (nSPS) is 23.5. The van der Waals surface area contributed by atoms with Crippen LogP contribution in [0, 0.1) is 17.8 Å². The molecule has 0 N–H and O–H groups in total. The van der Waals surface area contributed by atoms with E-state index in [1.54, 1.807) is 0 Å². The third-order valence-electron chi connectivity index (χ3n) is 6.95. The highest BCUT2D eigenvalue weighted by Crippen LogP contribution is 2.32. The summed E-state index contributed by atoms with van der Waals surface area (Å²) in [6.07, 6.45) is 23.7.